The van der Waals surface area contributed by atoms with Crippen molar-refractivity contribution in [2.45, 2.75) is 44.6 Å². The number of aromatic nitrogens is 2. The van der Waals surface area contributed by atoms with Crippen LogP contribution < -0.4 is 15.8 Å². The molecule has 3 N–H and O–H groups in total. The van der Waals surface area contributed by atoms with Gasteiger partial charge in [-0.05, 0) is 32.4 Å². The third-order valence-corrected chi connectivity index (χ3v) is 6.29. The van der Waals surface area contributed by atoms with Crippen LogP contribution in [0, 0.1) is 5.92 Å². The predicted octanol–water partition coefficient (Wildman–Crippen LogP) is 2.75. The Hall–Kier alpha value is -2.86. The lowest BCUT2D eigenvalue weighted by Gasteiger charge is -2.46. The summed E-state index contributed by atoms with van der Waals surface area (Å²) < 4.78 is 40.2. The van der Waals surface area contributed by atoms with Gasteiger partial charge in [0.2, 0.25) is 0 Å². The quantitative estimate of drug-likeness (QED) is 0.714. The number of hydrogen-bond acceptors (Lipinski definition) is 9. The van der Waals surface area contributed by atoms with Crippen molar-refractivity contribution >= 4 is 29.1 Å². The molecule has 31 heavy (non-hydrogen) atoms. The zero-order chi connectivity index (χ0) is 22.2. The Morgan fingerprint density at radius 3 is 2.94 bits per heavy atom. The van der Waals surface area contributed by atoms with Crippen molar-refractivity contribution in [1.82, 2.24) is 9.97 Å². The molecule has 0 aliphatic carbocycles. The zero-order valence-electron chi connectivity index (χ0n) is 16.7. The summed E-state index contributed by atoms with van der Waals surface area (Å²) in [5, 5.41) is 5.01. The van der Waals surface area contributed by atoms with Crippen LogP contribution in [0.4, 0.5) is 14.6 Å². The van der Waals surface area contributed by atoms with Gasteiger partial charge in [-0.1, -0.05) is 0 Å². The van der Waals surface area contributed by atoms with E-state index in [0.29, 0.717) is 17.4 Å². The maximum absolute atomic E-state index is 12.5. The molecular formula is C19H21F2N5O4S. The first-order valence-electron chi connectivity index (χ1n) is 9.58. The number of amides is 1. The van der Waals surface area contributed by atoms with Gasteiger partial charge < -0.3 is 25.3 Å². The Kier molecular flexibility index (Phi) is 5.75. The third-order valence-electron chi connectivity index (χ3n) is 5.28. The van der Waals surface area contributed by atoms with E-state index in [4.69, 9.17) is 15.2 Å². The smallest absolute Gasteiger partial charge is 0.387 e. The average Bonchev–Trinajstić information content (AvgIpc) is 3.18. The highest BCUT2D eigenvalue weighted by molar-refractivity contribution is 7.10. The molecule has 4 heterocycles. The van der Waals surface area contributed by atoms with E-state index in [9.17, 15) is 13.6 Å². The number of rotatable bonds is 5. The maximum atomic E-state index is 12.5. The summed E-state index contributed by atoms with van der Waals surface area (Å²) in [4.78, 5) is 25.5. The number of fused-ring (bicyclic) bond motifs is 1. The van der Waals surface area contributed by atoms with Crippen LogP contribution in [-0.4, -0.2) is 47.3 Å². The summed E-state index contributed by atoms with van der Waals surface area (Å²) in [6.07, 6.45) is 1.68. The summed E-state index contributed by atoms with van der Waals surface area (Å²) in [7, 11) is 0. The first-order chi connectivity index (χ1) is 14.8. The van der Waals surface area contributed by atoms with Crippen LogP contribution in [0.15, 0.2) is 28.7 Å². The molecule has 1 amide bonds. The molecule has 2 aliphatic heterocycles. The first kappa shape index (κ1) is 21.4. The fourth-order valence-electron chi connectivity index (χ4n) is 3.85. The molecule has 2 aliphatic rings. The van der Waals surface area contributed by atoms with Crippen LogP contribution in [0.3, 0.4) is 0 Å². The number of halogens is 2. The fourth-order valence-corrected chi connectivity index (χ4v) is 4.80. The van der Waals surface area contributed by atoms with Crippen LogP contribution in [0.25, 0.3) is 0 Å². The minimum Gasteiger partial charge on any atom is -0.462 e. The topological polar surface area (TPSA) is 121 Å². The van der Waals surface area contributed by atoms with E-state index < -0.39 is 18.1 Å². The van der Waals surface area contributed by atoms with Crippen molar-refractivity contribution in [3.63, 3.8) is 0 Å². The number of pyridine rings is 1. The summed E-state index contributed by atoms with van der Waals surface area (Å²) in [5.41, 5.74) is 5.16. The number of carbonyl (C=O) groups excluding carboxylic acids is 1. The summed E-state index contributed by atoms with van der Waals surface area (Å²) in [5.74, 6) is -0.337. The Morgan fingerprint density at radius 2 is 2.23 bits per heavy atom. The van der Waals surface area contributed by atoms with Gasteiger partial charge in [-0.15, -0.1) is 11.3 Å². The van der Waals surface area contributed by atoms with E-state index in [1.165, 1.54) is 23.5 Å². The molecule has 0 spiro atoms. The molecule has 0 aromatic carbocycles. The van der Waals surface area contributed by atoms with E-state index in [2.05, 4.69) is 25.0 Å². The molecular weight excluding hydrogens is 432 g/mol. The molecule has 166 valence electrons. The Labute approximate surface area is 180 Å². The lowest BCUT2D eigenvalue weighted by molar-refractivity contribution is -0.0938. The molecule has 0 bridgehead atoms. The van der Waals surface area contributed by atoms with Crippen LogP contribution in [0.1, 0.15) is 35.8 Å². The number of nitrogens with zero attached hydrogens (tertiary/aromatic N) is 3. The number of aliphatic imine (C=N–C) groups is 1. The minimum atomic E-state index is -2.96. The third kappa shape index (κ3) is 4.30. The first-order valence-corrected chi connectivity index (χ1v) is 10.5. The fraction of sp³-hybridized carbons (Fsp3) is 0.474. The number of alkyl halides is 2. The van der Waals surface area contributed by atoms with Gasteiger partial charge in [0.25, 0.3) is 11.9 Å². The van der Waals surface area contributed by atoms with Gasteiger partial charge in [0.15, 0.2) is 0 Å². The van der Waals surface area contributed by atoms with Crippen molar-refractivity contribution in [3.05, 3.63) is 34.4 Å². The van der Waals surface area contributed by atoms with Crippen LogP contribution in [0.2, 0.25) is 0 Å². The number of nitrogens with two attached hydrogens (primary N) is 1. The molecule has 12 heteroatoms. The SMILES string of the molecule is C[C@H]1C[C@H]2[C@@H](C)OC(N)=N[C@@]2(c2nc(NC(=O)c3ccc(OC(F)F)cn3)cs2)CO1. The van der Waals surface area contributed by atoms with Crippen molar-refractivity contribution in [1.29, 1.82) is 0 Å². The maximum Gasteiger partial charge on any atom is 0.387 e. The van der Waals surface area contributed by atoms with E-state index in [0.717, 1.165) is 12.6 Å². The van der Waals surface area contributed by atoms with E-state index in [1.807, 2.05) is 13.8 Å². The van der Waals surface area contributed by atoms with Gasteiger partial charge in [-0.2, -0.15) is 8.78 Å². The number of ether oxygens (including phenoxy) is 3. The standard InChI is InChI=1S/C19H21F2N5O4S/c1-9-5-12-10(2)29-18(22)26-19(12,8-28-9)16-25-14(7-31-16)24-15(27)13-4-3-11(6-23-13)30-17(20)21/h3-4,6-7,9-10,12,17H,5,8H2,1-2H3,(H2,22,26)(H,24,27)/t9-,10+,12-,19-/m0/s1. The number of hydrogen-bond donors (Lipinski definition) is 2. The number of anilines is 1. The average molecular weight is 453 g/mol. The normalized spacial score (nSPS) is 27.8. The molecule has 4 atom stereocenters. The molecule has 2 aromatic heterocycles. The van der Waals surface area contributed by atoms with Gasteiger partial charge in [0, 0.05) is 11.3 Å². The molecule has 9 nitrogen and oxygen atoms in total. The Morgan fingerprint density at radius 1 is 1.42 bits per heavy atom. The number of amidine groups is 1. The zero-order valence-corrected chi connectivity index (χ0v) is 17.6. The summed E-state index contributed by atoms with van der Waals surface area (Å²) >= 11 is 1.34. The molecule has 4 rings (SSSR count). The number of thiazole rings is 1. The highest BCUT2D eigenvalue weighted by Gasteiger charge is 2.53. The van der Waals surface area contributed by atoms with Crippen LogP contribution >= 0.6 is 11.3 Å². The molecule has 1 fully saturated rings. The second-order valence-electron chi connectivity index (χ2n) is 7.41. The second-order valence-corrected chi connectivity index (χ2v) is 8.27. The van der Waals surface area contributed by atoms with Crippen molar-refractivity contribution in [2.75, 3.05) is 11.9 Å². The van der Waals surface area contributed by atoms with Gasteiger partial charge in [0.05, 0.1) is 18.9 Å². The van der Waals surface area contributed by atoms with E-state index in [1.54, 1.807) is 5.38 Å². The van der Waals surface area contributed by atoms with Crippen molar-refractivity contribution in [3.8, 4) is 5.75 Å². The lowest BCUT2D eigenvalue weighted by atomic mass is 9.76. The highest BCUT2D eigenvalue weighted by atomic mass is 32.1. The van der Waals surface area contributed by atoms with E-state index >= 15 is 0 Å². The Bertz CT molecular complexity index is 986. The van der Waals surface area contributed by atoms with Crippen molar-refractivity contribution < 1.29 is 27.8 Å². The number of nitrogens with one attached hydrogen (secondary N) is 1. The number of carbonyl (C=O) groups is 1. The molecule has 0 saturated carbocycles. The highest BCUT2D eigenvalue weighted by Crippen LogP contribution is 2.47. The second kappa shape index (κ2) is 8.35. The largest absolute Gasteiger partial charge is 0.462 e. The minimum absolute atomic E-state index is 0.0160. The van der Waals surface area contributed by atoms with Crippen LogP contribution in [-0.2, 0) is 15.0 Å². The molecule has 0 unspecified atom stereocenters. The van der Waals surface area contributed by atoms with Gasteiger partial charge in [-0.3, -0.25) is 4.79 Å². The molecule has 0 radical (unpaired) electrons. The summed E-state index contributed by atoms with van der Waals surface area (Å²) in [6, 6.07) is 2.61. The van der Waals surface area contributed by atoms with Gasteiger partial charge in [0.1, 0.15) is 33.9 Å². The Balaban J connectivity index is 1.53. The summed E-state index contributed by atoms with van der Waals surface area (Å²) in [6.45, 7) is 1.29. The molecule has 2 aromatic rings. The predicted molar refractivity (Wildman–Crippen MR) is 108 cm³/mol. The lowest BCUT2D eigenvalue weighted by Crippen LogP contribution is -2.54. The van der Waals surface area contributed by atoms with Gasteiger partial charge >= 0.3 is 6.61 Å². The monoisotopic (exact) mass is 453 g/mol. The van der Waals surface area contributed by atoms with Crippen LogP contribution in [0.5, 0.6) is 5.75 Å². The molecule has 1 saturated heterocycles. The van der Waals surface area contributed by atoms with E-state index in [-0.39, 0.29) is 35.6 Å². The van der Waals surface area contributed by atoms with Crippen molar-refractivity contribution in [2.24, 2.45) is 16.6 Å². The van der Waals surface area contributed by atoms with Gasteiger partial charge in [-0.25, -0.2) is 15.0 Å².